The van der Waals surface area contributed by atoms with E-state index >= 15 is 0 Å². The second kappa shape index (κ2) is 9.33. The molecule has 3 amide bonds. The van der Waals surface area contributed by atoms with Crippen molar-refractivity contribution in [1.82, 2.24) is 15.1 Å². The highest BCUT2D eigenvalue weighted by Crippen LogP contribution is 2.32. The zero-order chi connectivity index (χ0) is 38.9. The average molecular weight is 467 g/mol. The van der Waals surface area contributed by atoms with Gasteiger partial charge in [0.15, 0.2) is 0 Å². The molecule has 172 valence electrons. The Morgan fingerprint density at radius 1 is 1.09 bits per heavy atom. The Labute approximate surface area is 218 Å². The first-order chi connectivity index (χ1) is 22.8. The van der Waals surface area contributed by atoms with Gasteiger partial charge in [-0.3, -0.25) is 24.6 Å². The summed E-state index contributed by atoms with van der Waals surface area (Å²) in [5.74, 6) is -4.38. The van der Waals surface area contributed by atoms with Gasteiger partial charge in [-0.2, -0.15) is 0 Å². The molecule has 8 heteroatoms. The number of benzene rings is 2. The Hall–Kier alpha value is -3.23. The molecule has 1 atom stereocenters. The number of carbonyl (C=O) groups is 3. The maximum absolute atomic E-state index is 13.5. The highest BCUT2D eigenvalue weighted by atomic mass is 16.5. The molecule has 0 bridgehead atoms. The number of nitrogens with zero attached hydrogens (tertiary/aromatic N) is 2. The van der Waals surface area contributed by atoms with Crippen molar-refractivity contribution < 1.29 is 43.8 Å². The van der Waals surface area contributed by atoms with Crippen molar-refractivity contribution in [3.8, 4) is 0 Å². The third kappa shape index (κ3) is 4.62. The number of nitrogens with one attached hydrogen (secondary N) is 2. The van der Waals surface area contributed by atoms with Crippen LogP contribution >= 0.6 is 0 Å². The van der Waals surface area contributed by atoms with Crippen LogP contribution in [0.4, 0.5) is 5.69 Å². The standard InChI is InChI=1S/C25H28N4O4/c30-23-9-8-22(24(31)27-23)29-16-20-19(25(29)32)2-1-3-21(20)26-14-17-4-6-18(7-5-17)15-28-10-12-33-13-11-28/h1-7,22,26H,8-16H2,(H,27,30,31)/i8D2,9D2,10D2,11D2,12D2,13D2,14D2,15D2,16D2. The summed E-state index contributed by atoms with van der Waals surface area (Å²) in [6, 6.07) is 4.75. The summed E-state index contributed by atoms with van der Waals surface area (Å²) in [5, 5.41) is 4.03. The first-order valence-electron chi connectivity index (χ1n) is 18.5. The Balaban J connectivity index is 1.49. The quantitative estimate of drug-likeness (QED) is 0.632. The molecule has 2 aromatic carbocycles. The highest BCUT2D eigenvalue weighted by molar-refractivity contribution is 6.06. The molecule has 8 nitrogen and oxygen atoms in total. The van der Waals surface area contributed by atoms with E-state index in [-0.39, 0.29) is 21.1 Å². The normalized spacial score (nSPS) is 40.8. The summed E-state index contributed by atoms with van der Waals surface area (Å²) < 4.78 is 153. The lowest BCUT2D eigenvalue weighted by Crippen LogP contribution is -2.52. The molecule has 1 unspecified atom stereocenters. The zero-order valence-electron chi connectivity index (χ0n) is 34.6. The zero-order valence-corrected chi connectivity index (χ0v) is 16.6. The molecule has 33 heavy (non-hydrogen) atoms. The lowest BCUT2D eigenvalue weighted by molar-refractivity contribution is -0.136. The number of rotatable bonds is 6. The van der Waals surface area contributed by atoms with Crippen molar-refractivity contribution in [3.63, 3.8) is 0 Å². The molecule has 5 rings (SSSR count). The average Bonchev–Trinajstić information content (AvgIpc) is 3.16. The van der Waals surface area contributed by atoms with Crippen molar-refractivity contribution in [3.05, 3.63) is 64.7 Å². The van der Waals surface area contributed by atoms with Crippen LogP contribution < -0.4 is 10.6 Å². The second-order valence-electron chi connectivity index (χ2n) is 6.81. The van der Waals surface area contributed by atoms with E-state index in [0.717, 1.165) is 36.4 Å². The lowest BCUT2D eigenvalue weighted by Gasteiger charge is -2.29. The summed E-state index contributed by atoms with van der Waals surface area (Å²) in [6.07, 6.45) is -6.79. The van der Waals surface area contributed by atoms with Crippen LogP contribution in [-0.4, -0.2) is 59.7 Å². The van der Waals surface area contributed by atoms with Crippen LogP contribution in [0.5, 0.6) is 0 Å². The number of morpholine rings is 1. The molecule has 3 heterocycles. The van der Waals surface area contributed by atoms with Gasteiger partial charge >= 0.3 is 0 Å². The fraction of sp³-hybridized carbons (Fsp3) is 0.400. The lowest BCUT2D eigenvalue weighted by atomic mass is 10.0. The number of anilines is 1. The predicted octanol–water partition coefficient (Wildman–Crippen LogP) is 1.89. The number of hydrogen-bond donors (Lipinski definition) is 2. The number of hydrogen-bond acceptors (Lipinski definition) is 6. The topological polar surface area (TPSA) is 91.0 Å². The third-order valence-electron chi connectivity index (χ3n) is 4.70. The van der Waals surface area contributed by atoms with Crippen LogP contribution in [0.2, 0.25) is 0 Å². The summed E-state index contributed by atoms with van der Waals surface area (Å²) in [4.78, 5) is 38.3. The van der Waals surface area contributed by atoms with E-state index in [0.29, 0.717) is 0 Å². The number of piperidine rings is 1. The van der Waals surface area contributed by atoms with Gasteiger partial charge in [0.1, 0.15) is 6.04 Å². The van der Waals surface area contributed by atoms with Gasteiger partial charge in [0.2, 0.25) is 11.8 Å². The fourth-order valence-corrected chi connectivity index (χ4v) is 3.17. The van der Waals surface area contributed by atoms with E-state index in [9.17, 15) is 14.4 Å². The Bertz CT molecular complexity index is 1790. The molecule has 2 aromatic rings. The summed E-state index contributed by atoms with van der Waals surface area (Å²) >= 11 is 0. The van der Waals surface area contributed by atoms with Crippen molar-refractivity contribution in [1.29, 1.82) is 0 Å². The van der Waals surface area contributed by atoms with E-state index in [2.05, 4.69) is 10.1 Å². The van der Waals surface area contributed by atoms with Gasteiger partial charge in [-0.25, -0.2) is 0 Å². The molecule has 2 N–H and O–H groups in total. The summed E-state index contributed by atoms with van der Waals surface area (Å²) in [6.45, 7) is -23.3. The molecule has 0 spiro atoms. The minimum Gasteiger partial charge on any atom is -0.381 e. The van der Waals surface area contributed by atoms with Crippen LogP contribution in [-0.2, 0) is 33.8 Å². The molecule has 0 aromatic heterocycles. The van der Waals surface area contributed by atoms with E-state index < -0.39 is 98.8 Å². The number of amides is 3. The molecule has 2 saturated heterocycles. The Kier molecular flexibility index (Phi) is 2.60. The summed E-state index contributed by atoms with van der Waals surface area (Å²) in [7, 11) is 0. The van der Waals surface area contributed by atoms with Gasteiger partial charge in [-0.1, -0.05) is 30.3 Å². The molecular weight excluding hydrogens is 420 g/mol. The summed E-state index contributed by atoms with van der Waals surface area (Å²) in [5.41, 5.74) is -2.24. The van der Waals surface area contributed by atoms with E-state index in [1.165, 1.54) is 6.07 Å². The SMILES string of the molecule is [2H]C([2H])(Nc1cccc2c1C([2H])([2H])N(C1C(=O)NC(=O)C([2H])([2H])C1([2H])[2H])C2=O)c1ccc(C([2H])([2H])N2C([2H])([2H])C([2H])([2H])OC([2H])([2H])C2([2H])[2H])cc1. The maximum Gasteiger partial charge on any atom is 0.255 e. The third-order valence-corrected chi connectivity index (χ3v) is 4.70. The first kappa shape index (κ1) is 9.19. The molecule has 0 saturated carbocycles. The van der Waals surface area contributed by atoms with Crippen LogP contribution in [0.3, 0.4) is 0 Å². The molecular formula is C25H28N4O4. The van der Waals surface area contributed by atoms with E-state index in [1.54, 1.807) is 5.32 Å². The van der Waals surface area contributed by atoms with Crippen LogP contribution in [0, 0.1) is 0 Å². The largest absolute Gasteiger partial charge is 0.381 e. The fourth-order valence-electron chi connectivity index (χ4n) is 3.17. The number of carbonyl (C=O) groups excluding carboxylic acids is 3. The molecule has 0 radical (unpaired) electrons. The maximum atomic E-state index is 13.5. The van der Waals surface area contributed by atoms with E-state index in [1.807, 2.05) is 0 Å². The van der Waals surface area contributed by atoms with Gasteiger partial charge < -0.3 is 15.0 Å². The second-order valence-corrected chi connectivity index (χ2v) is 6.81. The molecule has 3 aliphatic heterocycles. The van der Waals surface area contributed by atoms with Crippen molar-refractivity contribution >= 4 is 23.4 Å². The van der Waals surface area contributed by atoms with Gasteiger partial charge in [0.25, 0.3) is 5.91 Å². The van der Waals surface area contributed by atoms with Crippen LogP contribution in [0.25, 0.3) is 0 Å². The predicted molar refractivity (Wildman–Crippen MR) is 122 cm³/mol. The van der Waals surface area contributed by atoms with Crippen molar-refractivity contribution in [2.45, 2.75) is 38.3 Å². The smallest absolute Gasteiger partial charge is 0.255 e. The number of ether oxygens (including phenoxy) is 1. The Morgan fingerprint density at radius 3 is 2.64 bits per heavy atom. The van der Waals surface area contributed by atoms with E-state index in [4.69, 9.17) is 24.7 Å². The first-order valence-corrected chi connectivity index (χ1v) is 9.54. The number of fused-ring (bicyclic) bond motifs is 1. The van der Waals surface area contributed by atoms with Crippen LogP contribution in [0.15, 0.2) is 42.5 Å². The van der Waals surface area contributed by atoms with Gasteiger partial charge in [0.05, 0.1) is 24.1 Å². The van der Waals surface area contributed by atoms with Crippen molar-refractivity contribution in [2.24, 2.45) is 0 Å². The highest BCUT2D eigenvalue weighted by Gasteiger charge is 2.39. The van der Waals surface area contributed by atoms with Crippen LogP contribution in [0.1, 0.15) is 64.5 Å². The minimum atomic E-state index is -3.59. The van der Waals surface area contributed by atoms with Gasteiger partial charge in [0, 0.05) is 69.4 Å². The van der Waals surface area contributed by atoms with Crippen molar-refractivity contribution in [2.75, 3.05) is 31.4 Å². The molecule has 2 fully saturated rings. The molecule has 0 aliphatic carbocycles. The Morgan fingerprint density at radius 2 is 1.85 bits per heavy atom. The van der Waals surface area contributed by atoms with Gasteiger partial charge in [-0.15, -0.1) is 0 Å². The number of imide groups is 1. The monoisotopic (exact) mass is 466 g/mol. The molecule has 3 aliphatic rings. The van der Waals surface area contributed by atoms with Gasteiger partial charge in [-0.05, 0) is 29.6 Å². The minimum absolute atomic E-state index is 0.141.